The monoisotopic (exact) mass is 234 g/mol. The van der Waals surface area contributed by atoms with Crippen molar-refractivity contribution in [3.05, 3.63) is 0 Å². The lowest BCUT2D eigenvalue weighted by Crippen LogP contribution is -2.10. The normalized spacial score (nSPS) is 13.0. The molecule has 0 rings (SSSR count). The largest absolute Gasteiger partial charge is 0.382 e. The van der Waals surface area contributed by atoms with Crippen LogP contribution in [0.3, 0.4) is 0 Å². The summed E-state index contributed by atoms with van der Waals surface area (Å²) < 4.78 is 10.7. The first-order valence-electron chi connectivity index (χ1n) is 6.08. The van der Waals surface area contributed by atoms with Gasteiger partial charge in [-0.1, -0.05) is 6.42 Å². The molecule has 0 saturated carbocycles. The molecule has 15 heavy (non-hydrogen) atoms. The zero-order valence-corrected chi connectivity index (χ0v) is 11.3. The van der Waals surface area contributed by atoms with E-state index in [1.165, 1.54) is 25.0 Å². The summed E-state index contributed by atoms with van der Waals surface area (Å²) in [6.45, 7) is 8.85. The highest BCUT2D eigenvalue weighted by atomic mass is 32.2. The molecule has 0 aromatic heterocycles. The molecule has 0 heterocycles. The van der Waals surface area contributed by atoms with Crippen molar-refractivity contribution < 1.29 is 9.47 Å². The van der Waals surface area contributed by atoms with Gasteiger partial charge in [-0.3, -0.25) is 0 Å². The second-order valence-electron chi connectivity index (χ2n) is 3.60. The highest BCUT2D eigenvalue weighted by molar-refractivity contribution is 7.99. The van der Waals surface area contributed by atoms with E-state index in [1.54, 1.807) is 0 Å². The lowest BCUT2D eigenvalue weighted by molar-refractivity contribution is 0.0932. The summed E-state index contributed by atoms with van der Waals surface area (Å²) in [4.78, 5) is 0. The van der Waals surface area contributed by atoms with Crippen LogP contribution in [0.1, 0.15) is 40.0 Å². The van der Waals surface area contributed by atoms with Crippen molar-refractivity contribution in [3.8, 4) is 0 Å². The molecule has 0 aliphatic carbocycles. The molecule has 1 atom stereocenters. The Bertz CT molecular complexity index is 120. The van der Waals surface area contributed by atoms with E-state index >= 15 is 0 Å². The third-order valence-electron chi connectivity index (χ3n) is 2.09. The Balaban J connectivity index is 2.98. The SMILES string of the molecule is CCOCCCCCSCC(C)OCC. The molecule has 0 saturated heterocycles. The fourth-order valence-corrected chi connectivity index (χ4v) is 2.31. The molecule has 0 N–H and O–H groups in total. The minimum atomic E-state index is 0.406. The summed E-state index contributed by atoms with van der Waals surface area (Å²) in [5.74, 6) is 2.38. The lowest BCUT2D eigenvalue weighted by Gasteiger charge is -2.10. The van der Waals surface area contributed by atoms with E-state index in [9.17, 15) is 0 Å². The Morgan fingerprint density at radius 1 is 1.07 bits per heavy atom. The molecule has 0 aliphatic heterocycles. The number of thioether (sulfide) groups is 1. The molecule has 0 aliphatic rings. The third-order valence-corrected chi connectivity index (χ3v) is 3.37. The van der Waals surface area contributed by atoms with Gasteiger partial charge in [0.1, 0.15) is 0 Å². The Morgan fingerprint density at radius 2 is 1.87 bits per heavy atom. The second kappa shape index (κ2) is 12.3. The summed E-state index contributed by atoms with van der Waals surface area (Å²) >= 11 is 2.00. The topological polar surface area (TPSA) is 18.5 Å². The van der Waals surface area contributed by atoms with Gasteiger partial charge in [-0.05, 0) is 39.4 Å². The van der Waals surface area contributed by atoms with Gasteiger partial charge >= 0.3 is 0 Å². The first-order chi connectivity index (χ1) is 7.31. The zero-order chi connectivity index (χ0) is 11.4. The standard InChI is InChI=1S/C12H26O2S/c1-4-13-9-7-6-8-10-15-11-12(3)14-5-2/h12H,4-11H2,1-3H3. The van der Waals surface area contributed by atoms with Crippen LogP contribution in [0.2, 0.25) is 0 Å². The molecule has 0 bridgehead atoms. The van der Waals surface area contributed by atoms with E-state index in [4.69, 9.17) is 9.47 Å². The third kappa shape index (κ3) is 12.2. The second-order valence-corrected chi connectivity index (χ2v) is 4.75. The molecule has 0 radical (unpaired) electrons. The first kappa shape index (κ1) is 15.3. The van der Waals surface area contributed by atoms with E-state index in [-0.39, 0.29) is 0 Å². The van der Waals surface area contributed by atoms with E-state index in [0.717, 1.165) is 25.6 Å². The zero-order valence-electron chi connectivity index (χ0n) is 10.5. The predicted molar refractivity (Wildman–Crippen MR) is 68.8 cm³/mol. The molecule has 0 aromatic rings. The average Bonchev–Trinajstić information content (AvgIpc) is 2.22. The molecular formula is C12H26O2S. The number of hydrogen-bond acceptors (Lipinski definition) is 3. The predicted octanol–water partition coefficient (Wildman–Crippen LogP) is 3.35. The van der Waals surface area contributed by atoms with Crippen LogP contribution in [0, 0.1) is 0 Å². The summed E-state index contributed by atoms with van der Waals surface area (Å²) in [5, 5.41) is 0. The smallest absolute Gasteiger partial charge is 0.0637 e. The molecule has 92 valence electrons. The summed E-state index contributed by atoms with van der Waals surface area (Å²) in [7, 11) is 0. The van der Waals surface area contributed by atoms with Gasteiger partial charge < -0.3 is 9.47 Å². The number of unbranched alkanes of at least 4 members (excludes halogenated alkanes) is 2. The number of ether oxygens (including phenoxy) is 2. The summed E-state index contributed by atoms with van der Waals surface area (Å²) in [6.07, 6.45) is 4.20. The van der Waals surface area contributed by atoms with E-state index < -0.39 is 0 Å². The van der Waals surface area contributed by atoms with Crippen molar-refractivity contribution in [1.82, 2.24) is 0 Å². The van der Waals surface area contributed by atoms with Gasteiger partial charge in [0.15, 0.2) is 0 Å². The van der Waals surface area contributed by atoms with E-state index in [1.807, 2.05) is 18.7 Å². The first-order valence-corrected chi connectivity index (χ1v) is 7.23. The Labute approximate surface area is 99.1 Å². The van der Waals surface area contributed by atoms with Gasteiger partial charge in [-0.2, -0.15) is 11.8 Å². The summed E-state index contributed by atoms with van der Waals surface area (Å²) in [5.41, 5.74) is 0. The van der Waals surface area contributed by atoms with Crippen molar-refractivity contribution in [2.24, 2.45) is 0 Å². The van der Waals surface area contributed by atoms with E-state index in [2.05, 4.69) is 13.8 Å². The van der Waals surface area contributed by atoms with Crippen LogP contribution in [0.15, 0.2) is 0 Å². The fourth-order valence-electron chi connectivity index (χ4n) is 1.31. The molecular weight excluding hydrogens is 208 g/mol. The maximum Gasteiger partial charge on any atom is 0.0637 e. The molecule has 0 fully saturated rings. The highest BCUT2D eigenvalue weighted by Crippen LogP contribution is 2.09. The molecule has 0 aromatic carbocycles. The van der Waals surface area contributed by atoms with Crippen LogP contribution in [0.5, 0.6) is 0 Å². The van der Waals surface area contributed by atoms with Crippen LogP contribution < -0.4 is 0 Å². The molecule has 0 spiro atoms. The van der Waals surface area contributed by atoms with Gasteiger partial charge in [-0.15, -0.1) is 0 Å². The van der Waals surface area contributed by atoms with Gasteiger partial charge in [0.05, 0.1) is 6.10 Å². The van der Waals surface area contributed by atoms with Crippen LogP contribution in [-0.2, 0) is 9.47 Å². The van der Waals surface area contributed by atoms with Gasteiger partial charge in [-0.25, -0.2) is 0 Å². The van der Waals surface area contributed by atoms with Crippen LogP contribution in [0.25, 0.3) is 0 Å². The Hall–Kier alpha value is 0.270. The summed E-state index contributed by atoms with van der Waals surface area (Å²) in [6, 6.07) is 0. The van der Waals surface area contributed by atoms with Crippen LogP contribution in [-0.4, -0.2) is 37.4 Å². The Kier molecular flexibility index (Phi) is 12.6. The minimum absolute atomic E-state index is 0.406. The quantitative estimate of drug-likeness (QED) is 0.511. The van der Waals surface area contributed by atoms with Gasteiger partial charge in [0, 0.05) is 25.6 Å². The van der Waals surface area contributed by atoms with Crippen LogP contribution >= 0.6 is 11.8 Å². The maximum absolute atomic E-state index is 5.46. The van der Waals surface area contributed by atoms with Crippen molar-refractivity contribution >= 4 is 11.8 Å². The van der Waals surface area contributed by atoms with Crippen molar-refractivity contribution in [1.29, 1.82) is 0 Å². The van der Waals surface area contributed by atoms with Crippen molar-refractivity contribution in [2.45, 2.75) is 46.1 Å². The van der Waals surface area contributed by atoms with Crippen molar-refractivity contribution in [3.63, 3.8) is 0 Å². The van der Waals surface area contributed by atoms with E-state index in [0.29, 0.717) is 6.10 Å². The molecule has 1 unspecified atom stereocenters. The maximum atomic E-state index is 5.46. The van der Waals surface area contributed by atoms with Gasteiger partial charge in [0.2, 0.25) is 0 Å². The van der Waals surface area contributed by atoms with Crippen LogP contribution in [0.4, 0.5) is 0 Å². The lowest BCUT2D eigenvalue weighted by atomic mass is 10.3. The van der Waals surface area contributed by atoms with Gasteiger partial charge in [0.25, 0.3) is 0 Å². The fraction of sp³-hybridized carbons (Fsp3) is 1.00. The molecule has 2 nitrogen and oxygen atoms in total. The average molecular weight is 234 g/mol. The van der Waals surface area contributed by atoms with Crippen molar-refractivity contribution in [2.75, 3.05) is 31.3 Å². The molecule has 3 heteroatoms. The minimum Gasteiger partial charge on any atom is -0.382 e. The highest BCUT2D eigenvalue weighted by Gasteiger charge is 2.00. The number of hydrogen-bond donors (Lipinski definition) is 0. The Morgan fingerprint density at radius 3 is 2.53 bits per heavy atom. The number of rotatable bonds is 11. The molecule has 0 amide bonds.